The molecule has 0 aliphatic carbocycles. The minimum absolute atomic E-state index is 0.532. The summed E-state index contributed by atoms with van der Waals surface area (Å²) in [5.41, 5.74) is 4.94. The smallest absolute Gasteiger partial charge is 0.145 e. The molecule has 6 nitrogen and oxygen atoms in total. The van der Waals surface area contributed by atoms with Gasteiger partial charge in [-0.05, 0) is 31.5 Å². The van der Waals surface area contributed by atoms with E-state index in [1.54, 1.807) is 25.1 Å². The highest BCUT2D eigenvalue weighted by molar-refractivity contribution is 5.64. The number of aromatic nitrogens is 2. The van der Waals surface area contributed by atoms with Gasteiger partial charge in [-0.1, -0.05) is 6.07 Å². The number of nitrogen functional groups attached to an aromatic ring is 1. The van der Waals surface area contributed by atoms with Gasteiger partial charge in [-0.25, -0.2) is 15.8 Å². The Morgan fingerprint density at radius 1 is 1.16 bits per heavy atom. The molecule has 0 atom stereocenters. The summed E-state index contributed by atoms with van der Waals surface area (Å²) in [6.07, 6.45) is 0. The van der Waals surface area contributed by atoms with Gasteiger partial charge in [0.2, 0.25) is 0 Å². The minimum atomic E-state index is 0.532. The first-order chi connectivity index (χ1) is 9.12. The molecule has 1 aromatic carbocycles. The minimum Gasteiger partial charge on any atom is -0.340 e. The first-order valence-electron chi connectivity index (χ1n) is 5.72. The average Bonchev–Trinajstić information content (AvgIpc) is 2.40. The van der Waals surface area contributed by atoms with Crippen molar-refractivity contribution in [1.82, 2.24) is 9.97 Å². The predicted molar refractivity (Wildman–Crippen MR) is 73.8 cm³/mol. The van der Waals surface area contributed by atoms with Gasteiger partial charge in [-0.3, -0.25) is 0 Å². The molecule has 0 unspecified atom stereocenters. The standard InChI is InChI=1S/C13H14N6/c1-8-3-4-10(7-14)5-11(8)18-12-6-13(19-15)17-9(2)16-12/h3-6H,15H2,1-2H3,(H2,16,17,18,19). The fourth-order valence-electron chi connectivity index (χ4n) is 1.67. The summed E-state index contributed by atoms with van der Waals surface area (Å²) in [6.45, 7) is 3.74. The van der Waals surface area contributed by atoms with Crippen molar-refractivity contribution in [3.63, 3.8) is 0 Å². The number of nitrogens with two attached hydrogens (primary N) is 1. The second kappa shape index (κ2) is 5.33. The van der Waals surface area contributed by atoms with Crippen molar-refractivity contribution < 1.29 is 0 Å². The maximum absolute atomic E-state index is 8.92. The molecule has 0 radical (unpaired) electrons. The zero-order valence-electron chi connectivity index (χ0n) is 10.7. The van der Waals surface area contributed by atoms with Gasteiger partial charge in [-0.2, -0.15) is 5.26 Å². The van der Waals surface area contributed by atoms with Crippen molar-refractivity contribution in [2.45, 2.75) is 13.8 Å². The Morgan fingerprint density at radius 2 is 1.89 bits per heavy atom. The Labute approximate surface area is 111 Å². The van der Waals surface area contributed by atoms with Crippen LogP contribution in [0.5, 0.6) is 0 Å². The van der Waals surface area contributed by atoms with Crippen molar-refractivity contribution >= 4 is 17.3 Å². The topological polar surface area (TPSA) is 99.6 Å². The molecule has 0 saturated heterocycles. The van der Waals surface area contributed by atoms with Gasteiger partial charge in [0.05, 0.1) is 11.6 Å². The zero-order valence-corrected chi connectivity index (χ0v) is 10.7. The van der Waals surface area contributed by atoms with Crippen molar-refractivity contribution in [2.24, 2.45) is 5.84 Å². The number of benzene rings is 1. The van der Waals surface area contributed by atoms with Crippen molar-refractivity contribution in [3.05, 3.63) is 41.2 Å². The molecule has 0 amide bonds. The van der Waals surface area contributed by atoms with E-state index in [-0.39, 0.29) is 0 Å². The molecule has 0 aliphatic rings. The summed E-state index contributed by atoms with van der Waals surface area (Å²) in [5, 5.41) is 12.1. The van der Waals surface area contributed by atoms with E-state index in [1.165, 1.54) is 0 Å². The summed E-state index contributed by atoms with van der Waals surface area (Å²) in [6, 6.07) is 9.25. The largest absolute Gasteiger partial charge is 0.340 e. The molecule has 19 heavy (non-hydrogen) atoms. The highest BCUT2D eigenvalue weighted by Crippen LogP contribution is 2.21. The van der Waals surface area contributed by atoms with E-state index in [0.717, 1.165) is 11.3 Å². The van der Waals surface area contributed by atoms with Crippen LogP contribution in [0.4, 0.5) is 17.3 Å². The van der Waals surface area contributed by atoms with E-state index >= 15 is 0 Å². The van der Waals surface area contributed by atoms with Crippen molar-refractivity contribution in [3.8, 4) is 6.07 Å². The molecular weight excluding hydrogens is 240 g/mol. The normalized spacial score (nSPS) is 9.79. The van der Waals surface area contributed by atoms with Gasteiger partial charge in [0.15, 0.2) is 0 Å². The van der Waals surface area contributed by atoms with Crippen LogP contribution in [0, 0.1) is 25.2 Å². The van der Waals surface area contributed by atoms with Gasteiger partial charge in [-0.15, -0.1) is 0 Å². The summed E-state index contributed by atoms with van der Waals surface area (Å²) in [7, 11) is 0. The van der Waals surface area contributed by atoms with E-state index in [1.807, 2.05) is 13.0 Å². The Hall–Kier alpha value is -2.65. The van der Waals surface area contributed by atoms with Crippen molar-refractivity contribution in [2.75, 3.05) is 10.7 Å². The van der Waals surface area contributed by atoms with E-state index in [2.05, 4.69) is 26.8 Å². The highest BCUT2D eigenvalue weighted by atomic mass is 15.3. The molecular formula is C13H14N6. The quantitative estimate of drug-likeness (QED) is 0.572. The molecule has 0 aliphatic heterocycles. The number of nitrogens with zero attached hydrogens (tertiary/aromatic N) is 3. The number of aryl methyl sites for hydroxylation is 2. The molecule has 96 valence electrons. The van der Waals surface area contributed by atoms with Crippen LogP contribution in [0.15, 0.2) is 24.3 Å². The van der Waals surface area contributed by atoms with Crippen LogP contribution in [-0.4, -0.2) is 9.97 Å². The number of anilines is 3. The van der Waals surface area contributed by atoms with Crippen LogP contribution in [0.1, 0.15) is 17.0 Å². The van der Waals surface area contributed by atoms with E-state index in [0.29, 0.717) is 23.0 Å². The molecule has 0 spiro atoms. The fraction of sp³-hybridized carbons (Fsp3) is 0.154. The van der Waals surface area contributed by atoms with Gasteiger partial charge in [0.1, 0.15) is 17.5 Å². The van der Waals surface area contributed by atoms with Crippen molar-refractivity contribution in [1.29, 1.82) is 5.26 Å². The van der Waals surface area contributed by atoms with Crippen LogP contribution >= 0.6 is 0 Å². The van der Waals surface area contributed by atoms with Crippen LogP contribution < -0.4 is 16.6 Å². The first kappa shape index (κ1) is 12.8. The lowest BCUT2D eigenvalue weighted by Gasteiger charge is -2.10. The van der Waals surface area contributed by atoms with E-state index < -0.39 is 0 Å². The molecule has 2 rings (SSSR count). The van der Waals surface area contributed by atoms with Crippen LogP contribution in [0.2, 0.25) is 0 Å². The monoisotopic (exact) mass is 254 g/mol. The van der Waals surface area contributed by atoms with Crippen LogP contribution in [0.3, 0.4) is 0 Å². The molecule has 4 N–H and O–H groups in total. The first-order valence-corrected chi connectivity index (χ1v) is 5.72. The predicted octanol–water partition coefficient (Wildman–Crippen LogP) is 1.99. The van der Waals surface area contributed by atoms with Gasteiger partial charge >= 0.3 is 0 Å². The molecule has 1 heterocycles. The molecule has 6 heteroatoms. The highest BCUT2D eigenvalue weighted by Gasteiger charge is 2.04. The fourth-order valence-corrected chi connectivity index (χ4v) is 1.67. The van der Waals surface area contributed by atoms with Gasteiger partial charge in [0.25, 0.3) is 0 Å². The molecule has 1 aromatic heterocycles. The zero-order chi connectivity index (χ0) is 13.8. The Balaban J connectivity index is 2.36. The van der Waals surface area contributed by atoms with Gasteiger partial charge < -0.3 is 10.7 Å². The maximum Gasteiger partial charge on any atom is 0.145 e. The SMILES string of the molecule is Cc1nc(NN)cc(Nc2cc(C#N)ccc2C)n1. The summed E-state index contributed by atoms with van der Waals surface area (Å²) >= 11 is 0. The summed E-state index contributed by atoms with van der Waals surface area (Å²) < 4.78 is 0. The van der Waals surface area contributed by atoms with Crippen LogP contribution in [0.25, 0.3) is 0 Å². The average molecular weight is 254 g/mol. The van der Waals surface area contributed by atoms with E-state index in [4.69, 9.17) is 11.1 Å². The molecule has 0 saturated carbocycles. The number of hydrazine groups is 1. The number of nitriles is 1. The number of rotatable bonds is 3. The van der Waals surface area contributed by atoms with Crippen LogP contribution in [-0.2, 0) is 0 Å². The number of hydrogen-bond donors (Lipinski definition) is 3. The summed E-state index contributed by atoms with van der Waals surface area (Å²) in [5.74, 6) is 7.10. The number of hydrogen-bond acceptors (Lipinski definition) is 6. The van der Waals surface area contributed by atoms with Gasteiger partial charge in [0, 0.05) is 11.8 Å². The lowest BCUT2D eigenvalue weighted by molar-refractivity contribution is 1.05. The lowest BCUT2D eigenvalue weighted by Crippen LogP contribution is -2.10. The third kappa shape index (κ3) is 2.97. The Bertz CT molecular complexity index is 644. The number of nitrogens with one attached hydrogen (secondary N) is 2. The molecule has 0 fully saturated rings. The summed E-state index contributed by atoms with van der Waals surface area (Å²) in [4.78, 5) is 8.38. The second-order valence-corrected chi connectivity index (χ2v) is 4.10. The molecule has 0 bridgehead atoms. The Kier molecular flexibility index (Phi) is 3.59. The lowest BCUT2D eigenvalue weighted by atomic mass is 10.1. The van der Waals surface area contributed by atoms with E-state index in [9.17, 15) is 0 Å². The third-order valence-corrected chi connectivity index (χ3v) is 2.62. The maximum atomic E-state index is 8.92. The molecule has 2 aromatic rings. The third-order valence-electron chi connectivity index (χ3n) is 2.62. The second-order valence-electron chi connectivity index (χ2n) is 4.10. The Morgan fingerprint density at radius 3 is 2.58 bits per heavy atom.